The molecule has 0 radical (unpaired) electrons. The fourth-order valence-corrected chi connectivity index (χ4v) is 2.63. The van der Waals surface area contributed by atoms with Gasteiger partial charge in [-0.2, -0.15) is 5.10 Å². The molecule has 0 aliphatic heterocycles. The number of fused-ring (bicyclic) bond motifs is 1. The molecule has 4 heteroatoms. The molecule has 2 aromatic heterocycles. The van der Waals surface area contributed by atoms with Gasteiger partial charge in [-0.15, -0.1) is 0 Å². The van der Waals surface area contributed by atoms with Crippen molar-refractivity contribution in [2.75, 3.05) is 0 Å². The van der Waals surface area contributed by atoms with Crippen LogP contribution in [-0.2, 0) is 0 Å². The van der Waals surface area contributed by atoms with Gasteiger partial charge >= 0.3 is 0 Å². The number of benzene rings is 1. The molecule has 108 valence electrons. The Morgan fingerprint density at radius 1 is 1.19 bits per heavy atom. The number of ether oxygens (including phenoxy) is 1. The molecule has 0 saturated heterocycles. The fourth-order valence-electron chi connectivity index (χ4n) is 2.42. The quantitative estimate of drug-likeness (QED) is 0.669. The van der Waals surface area contributed by atoms with Crippen molar-refractivity contribution in [1.82, 2.24) is 9.61 Å². The molecule has 3 aromatic rings. The van der Waals surface area contributed by atoms with E-state index in [1.165, 1.54) is 5.56 Å². The molecule has 0 aliphatic rings. The van der Waals surface area contributed by atoms with Crippen molar-refractivity contribution >= 4 is 17.1 Å². The summed E-state index contributed by atoms with van der Waals surface area (Å²) in [5.74, 6) is 0.671. The third-order valence-electron chi connectivity index (χ3n) is 3.41. The van der Waals surface area contributed by atoms with Crippen LogP contribution in [-0.4, -0.2) is 9.61 Å². The molecular formula is C17H17ClN2O. The predicted octanol–water partition coefficient (Wildman–Crippen LogP) is 4.91. The summed E-state index contributed by atoms with van der Waals surface area (Å²) in [6.45, 7) is 2.15. The van der Waals surface area contributed by atoms with Gasteiger partial charge in [-0.05, 0) is 24.1 Å². The smallest absolute Gasteiger partial charge is 0.217 e. The van der Waals surface area contributed by atoms with Gasteiger partial charge in [-0.3, -0.25) is 0 Å². The van der Waals surface area contributed by atoms with Gasteiger partial charge in [0.25, 0.3) is 0 Å². The summed E-state index contributed by atoms with van der Waals surface area (Å²) in [6, 6.07) is 15.8. The maximum absolute atomic E-state index is 6.21. The normalized spacial score (nSPS) is 12.5. The molecule has 0 saturated carbocycles. The predicted molar refractivity (Wildman–Crippen MR) is 84.9 cm³/mol. The highest BCUT2D eigenvalue weighted by Crippen LogP contribution is 2.28. The van der Waals surface area contributed by atoms with Crippen LogP contribution < -0.4 is 4.74 Å². The lowest BCUT2D eigenvalue weighted by Crippen LogP contribution is -2.10. The number of hydrogen-bond donors (Lipinski definition) is 0. The van der Waals surface area contributed by atoms with E-state index in [1.54, 1.807) is 10.7 Å². The summed E-state index contributed by atoms with van der Waals surface area (Å²) >= 11 is 6.17. The van der Waals surface area contributed by atoms with E-state index in [4.69, 9.17) is 16.3 Å². The van der Waals surface area contributed by atoms with Crippen molar-refractivity contribution in [2.24, 2.45) is 0 Å². The van der Waals surface area contributed by atoms with E-state index in [2.05, 4.69) is 24.2 Å². The van der Waals surface area contributed by atoms with Gasteiger partial charge in [-0.1, -0.05) is 55.3 Å². The molecule has 0 fully saturated rings. The van der Waals surface area contributed by atoms with Crippen molar-refractivity contribution < 1.29 is 4.74 Å². The summed E-state index contributed by atoms with van der Waals surface area (Å²) in [5.41, 5.74) is 2.10. The monoisotopic (exact) mass is 300 g/mol. The molecule has 0 N–H and O–H groups in total. The van der Waals surface area contributed by atoms with Crippen LogP contribution in [0.25, 0.3) is 5.52 Å². The number of aromatic nitrogens is 2. The lowest BCUT2D eigenvalue weighted by Gasteiger charge is -2.19. The second-order valence-corrected chi connectivity index (χ2v) is 5.42. The molecule has 0 bridgehead atoms. The summed E-state index contributed by atoms with van der Waals surface area (Å²) in [6.07, 6.45) is 3.74. The van der Waals surface area contributed by atoms with E-state index in [-0.39, 0.29) is 6.10 Å². The van der Waals surface area contributed by atoms with Crippen LogP contribution in [0, 0.1) is 0 Å². The highest BCUT2D eigenvalue weighted by molar-refractivity contribution is 6.31. The summed E-state index contributed by atoms with van der Waals surface area (Å²) in [4.78, 5) is 0. The van der Waals surface area contributed by atoms with E-state index >= 15 is 0 Å². The molecule has 3 nitrogen and oxygen atoms in total. The van der Waals surface area contributed by atoms with Crippen LogP contribution in [0.1, 0.15) is 31.4 Å². The third-order valence-corrected chi connectivity index (χ3v) is 3.63. The van der Waals surface area contributed by atoms with Crippen LogP contribution in [0.5, 0.6) is 5.88 Å². The Bertz CT molecular complexity index is 724. The molecule has 0 amide bonds. The summed E-state index contributed by atoms with van der Waals surface area (Å²) in [7, 11) is 0. The Morgan fingerprint density at radius 3 is 2.76 bits per heavy atom. The number of hydrogen-bond acceptors (Lipinski definition) is 2. The van der Waals surface area contributed by atoms with Gasteiger partial charge in [0.1, 0.15) is 6.10 Å². The minimum atomic E-state index is 0.00191. The Labute approximate surface area is 129 Å². The topological polar surface area (TPSA) is 26.5 Å². The second-order valence-electron chi connectivity index (χ2n) is 4.99. The molecule has 0 aliphatic carbocycles. The van der Waals surface area contributed by atoms with E-state index in [0.29, 0.717) is 10.9 Å². The van der Waals surface area contributed by atoms with Crippen LogP contribution >= 0.6 is 11.6 Å². The first-order valence-electron chi connectivity index (χ1n) is 7.13. The summed E-state index contributed by atoms with van der Waals surface area (Å²) in [5, 5.41) is 4.95. The third kappa shape index (κ3) is 3.03. The zero-order valence-corrected chi connectivity index (χ0v) is 12.6. The zero-order valence-electron chi connectivity index (χ0n) is 11.9. The minimum Gasteiger partial charge on any atom is -0.469 e. The van der Waals surface area contributed by atoms with Crippen LogP contribution in [0.3, 0.4) is 0 Å². The molecular weight excluding hydrogens is 284 g/mol. The first-order valence-corrected chi connectivity index (χ1v) is 7.50. The molecule has 1 atom stereocenters. The van der Waals surface area contributed by atoms with Crippen molar-refractivity contribution in [1.29, 1.82) is 0 Å². The highest BCUT2D eigenvalue weighted by atomic mass is 35.5. The number of rotatable bonds is 5. The zero-order chi connectivity index (χ0) is 14.7. The van der Waals surface area contributed by atoms with Gasteiger partial charge in [0.15, 0.2) is 0 Å². The first kappa shape index (κ1) is 14.0. The van der Waals surface area contributed by atoms with Gasteiger partial charge < -0.3 is 4.74 Å². The largest absolute Gasteiger partial charge is 0.469 e. The lowest BCUT2D eigenvalue weighted by molar-refractivity contribution is 0.181. The molecule has 0 unspecified atom stereocenters. The average Bonchev–Trinajstić information content (AvgIpc) is 2.96. The van der Waals surface area contributed by atoms with Gasteiger partial charge in [0.05, 0.1) is 11.7 Å². The standard InChI is InChI=1S/C17H17ClN2O/c1-2-6-16(13-7-4-3-5-8-13)21-17-12-14(18)11-15-9-10-19-20(15)17/h3-5,7-12,16H,2,6H2,1H3/t16-/m1/s1. The van der Waals surface area contributed by atoms with Crippen molar-refractivity contribution in [3.63, 3.8) is 0 Å². The Balaban J connectivity index is 1.96. The molecule has 2 heterocycles. The van der Waals surface area contributed by atoms with Gasteiger partial charge in [0, 0.05) is 11.1 Å². The first-order chi connectivity index (χ1) is 10.3. The number of pyridine rings is 1. The maximum atomic E-state index is 6.21. The molecule has 3 rings (SSSR count). The second kappa shape index (κ2) is 6.19. The molecule has 21 heavy (non-hydrogen) atoms. The minimum absolute atomic E-state index is 0.00191. The van der Waals surface area contributed by atoms with Crippen molar-refractivity contribution in [3.05, 3.63) is 65.3 Å². The van der Waals surface area contributed by atoms with E-state index < -0.39 is 0 Å². The van der Waals surface area contributed by atoms with Crippen LogP contribution in [0.2, 0.25) is 5.02 Å². The Kier molecular flexibility index (Phi) is 4.11. The summed E-state index contributed by atoms with van der Waals surface area (Å²) < 4.78 is 7.98. The van der Waals surface area contributed by atoms with Crippen LogP contribution in [0.4, 0.5) is 0 Å². The van der Waals surface area contributed by atoms with Crippen molar-refractivity contribution in [3.8, 4) is 5.88 Å². The number of halogens is 1. The maximum Gasteiger partial charge on any atom is 0.217 e. The SMILES string of the molecule is CCC[C@@H](Oc1cc(Cl)cc2ccnn12)c1ccccc1. The highest BCUT2D eigenvalue weighted by Gasteiger charge is 2.15. The van der Waals surface area contributed by atoms with Crippen LogP contribution in [0.15, 0.2) is 54.7 Å². The average molecular weight is 301 g/mol. The molecule has 1 aromatic carbocycles. The Hall–Kier alpha value is -2.00. The fraction of sp³-hybridized carbons (Fsp3) is 0.235. The number of nitrogens with zero attached hydrogens (tertiary/aromatic N) is 2. The van der Waals surface area contributed by atoms with E-state index in [9.17, 15) is 0 Å². The Morgan fingerprint density at radius 2 is 2.00 bits per heavy atom. The van der Waals surface area contributed by atoms with E-state index in [1.807, 2.05) is 36.4 Å². The van der Waals surface area contributed by atoms with E-state index in [0.717, 1.165) is 18.4 Å². The van der Waals surface area contributed by atoms with Gasteiger partial charge in [-0.25, -0.2) is 4.52 Å². The van der Waals surface area contributed by atoms with Gasteiger partial charge in [0.2, 0.25) is 5.88 Å². The molecule has 0 spiro atoms. The lowest BCUT2D eigenvalue weighted by atomic mass is 10.1. The van der Waals surface area contributed by atoms with Crippen molar-refractivity contribution in [2.45, 2.75) is 25.9 Å².